The van der Waals surface area contributed by atoms with Crippen LogP contribution in [0.5, 0.6) is 5.75 Å². The number of aryl methyl sites for hydroxylation is 1. The van der Waals surface area contributed by atoms with Crippen LogP contribution in [0.1, 0.15) is 48.7 Å². The number of benzene rings is 1. The van der Waals surface area contributed by atoms with Gasteiger partial charge in [-0.15, -0.1) is 0 Å². The lowest BCUT2D eigenvalue weighted by molar-refractivity contribution is 0.182. The first-order valence-electron chi connectivity index (χ1n) is 10.7. The van der Waals surface area contributed by atoms with Crippen molar-refractivity contribution in [2.45, 2.75) is 53.1 Å². The third kappa shape index (κ3) is 6.76. The predicted octanol–water partition coefficient (Wildman–Crippen LogP) is 3.40. The molecule has 1 heterocycles. The van der Waals surface area contributed by atoms with Crippen molar-refractivity contribution in [3.8, 4) is 5.75 Å². The van der Waals surface area contributed by atoms with Crippen molar-refractivity contribution in [1.82, 2.24) is 20.4 Å². The summed E-state index contributed by atoms with van der Waals surface area (Å²) in [6, 6.07) is 8.30. The molecule has 0 aliphatic rings. The maximum atomic E-state index is 5.24. The van der Waals surface area contributed by atoms with Crippen LogP contribution in [0.3, 0.4) is 0 Å². The van der Waals surface area contributed by atoms with Gasteiger partial charge >= 0.3 is 0 Å². The third-order valence-corrected chi connectivity index (χ3v) is 5.33. The SMILES string of the molecule is CCNC(=NCc1c(C)nn(CCOC)c1C)NCCC(C)c1ccc(OC)cc1. The van der Waals surface area contributed by atoms with Gasteiger partial charge in [-0.2, -0.15) is 5.10 Å². The molecule has 30 heavy (non-hydrogen) atoms. The summed E-state index contributed by atoms with van der Waals surface area (Å²) in [5, 5.41) is 11.4. The summed E-state index contributed by atoms with van der Waals surface area (Å²) in [7, 11) is 3.40. The molecule has 2 N–H and O–H groups in total. The van der Waals surface area contributed by atoms with Gasteiger partial charge < -0.3 is 20.1 Å². The summed E-state index contributed by atoms with van der Waals surface area (Å²) < 4.78 is 12.4. The van der Waals surface area contributed by atoms with E-state index in [0.29, 0.717) is 19.1 Å². The Morgan fingerprint density at radius 3 is 2.53 bits per heavy atom. The number of nitrogens with zero attached hydrogens (tertiary/aromatic N) is 3. The third-order valence-electron chi connectivity index (χ3n) is 5.33. The van der Waals surface area contributed by atoms with E-state index in [1.165, 1.54) is 11.1 Å². The minimum Gasteiger partial charge on any atom is -0.497 e. The molecular weight excluding hydrogens is 378 g/mol. The number of rotatable bonds is 11. The van der Waals surface area contributed by atoms with Crippen molar-refractivity contribution in [2.24, 2.45) is 4.99 Å². The van der Waals surface area contributed by atoms with Gasteiger partial charge in [0.15, 0.2) is 5.96 Å². The lowest BCUT2D eigenvalue weighted by atomic mass is 9.98. The molecule has 2 rings (SSSR count). The van der Waals surface area contributed by atoms with Gasteiger partial charge in [0, 0.05) is 31.5 Å². The molecule has 1 aromatic heterocycles. The van der Waals surface area contributed by atoms with Crippen LogP contribution in [-0.4, -0.2) is 49.7 Å². The van der Waals surface area contributed by atoms with Gasteiger partial charge in [0.1, 0.15) is 5.75 Å². The monoisotopic (exact) mass is 415 g/mol. The van der Waals surface area contributed by atoms with Gasteiger partial charge in [-0.05, 0) is 50.8 Å². The average molecular weight is 416 g/mol. The number of methoxy groups -OCH3 is 2. The Kier molecular flexibility index (Phi) is 9.67. The number of hydrogen-bond acceptors (Lipinski definition) is 4. The second kappa shape index (κ2) is 12.2. The maximum absolute atomic E-state index is 5.24. The zero-order chi connectivity index (χ0) is 21.9. The van der Waals surface area contributed by atoms with E-state index in [9.17, 15) is 0 Å². The fraction of sp³-hybridized carbons (Fsp3) is 0.565. The lowest BCUT2D eigenvalue weighted by Crippen LogP contribution is -2.38. The molecule has 0 saturated carbocycles. The van der Waals surface area contributed by atoms with Gasteiger partial charge in [0.2, 0.25) is 0 Å². The highest BCUT2D eigenvalue weighted by Crippen LogP contribution is 2.21. The minimum atomic E-state index is 0.454. The molecule has 0 spiro atoms. The Balaban J connectivity index is 1.93. The number of hydrogen-bond donors (Lipinski definition) is 2. The van der Waals surface area contributed by atoms with E-state index in [4.69, 9.17) is 14.5 Å². The van der Waals surface area contributed by atoms with Gasteiger partial charge in [0.25, 0.3) is 0 Å². The first kappa shape index (κ1) is 23.7. The standard InChI is InChI=1S/C23H37N5O2/c1-7-24-23(25-13-12-17(2)20-8-10-21(30-6)11-9-20)26-16-22-18(3)27-28(19(22)4)14-15-29-5/h8-11,17H,7,12-16H2,1-6H3,(H2,24,25,26). The van der Waals surface area contributed by atoms with Crippen LogP contribution < -0.4 is 15.4 Å². The Hall–Kier alpha value is -2.54. The lowest BCUT2D eigenvalue weighted by Gasteiger charge is -2.15. The molecule has 1 atom stereocenters. The molecule has 2 aromatic rings. The molecule has 0 fully saturated rings. The number of ether oxygens (including phenoxy) is 2. The van der Waals surface area contributed by atoms with E-state index in [-0.39, 0.29) is 0 Å². The molecule has 0 saturated heterocycles. The fourth-order valence-electron chi connectivity index (χ4n) is 3.36. The van der Waals surface area contributed by atoms with Crippen molar-refractivity contribution >= 4 is 5.96 Å². The molecule has 0 aliphatic heterocycles. The quantitative estimate of drug-likeness (QED) is 0.435. The van der Waals surface area contributed by atoms with Gasteiger partial charge in [-0.1, -0.05) is 19.1 Å². The van der Waals surface area contributed by atoms with Gasteiger partial charge in [-0.3, -0.25) is 4.68 Å². The van der Waals surface area contributed by atoms with Crippen molar-refractivity contribution in [1.29, 1.82) is 0 Å². The van der Waals surface area contributed by atoms with Crippen LogP contribution in [0.15, 0.2) is 29.3 Å². The van der Waals surface area contributed by atoms with Crippen molar-refractivity contribution < 1.29 is 9.47 Å². The van der Waals surface area contributed by atoms with Crippen LogP contribution in [0, 0.1) is 13.8 Å². The number of aromatic nitrogens is 2. The number of guanidine groups is 1. The summed E-state index contributed by atoms with van der Waals surface area (Å²) in [5.41, 5.74) is 4.66. The Morgan fingerprint density at radius 2 is 1.90 bits per heavy atom. The zero-order valence-electron chi connectivity index (χ0n) is 19.3. The topological polar surface area (TPSA) is 72.7 Å². The molecule has 7 nitrogen and oxygen atoms in total. The molecule has 0 radical (unpaired) electrons. The number of aliphatic imine (C=N–C) groups is 1. The molecule has 1 unspecified atom stereocenters. The van der Waals surface area contributed by atoms with Crippen LogP contribution in [0.2, 0.25) is 0 Å². The minimum absolute atomic E-state index is 0.454. The molecule has 0 amide bonds. The highest BCUT2D eigenvalue weighted by Gasteiger charge is 2.11. The molecular formula is C23H37N5O2. The first-order valence-corrected chi connectivity index (χ1v) is 10.7. The summed E-state index contributed by atoms with van der Waals surface area (Å²) in [6.45, 7) is 12.2. The van der Waals surface area contributed by atoms with Crippen LogP contribution in [0.4, 0.5) is 0 Å². The summed E-state index contributed by atoms with van der Waals surface area (Å²) >= 11 is 0. The average Bonchev–Trinajstić information content (AvgIpc) is 3.03. The predicted molar refractivity (Wildman–Crippen MR) is 122 cm³/mol. The maximum Gasteiger partial charge on any atom is 0.191 e. The first-order chi connectivity index (χ1) is 14.5. The van der Waals surface area contributed by atoms with Crippen LogP contribution >= 0.6 is 0 Å². The molecule has 166 valence electrons. The zero-order valence-corrected chi connectivity index (χ0v) is 19.3. The highest BCUT2D eigenvalue weighted by molar-refractivity contribution is 5.79. The summed E-state index contributed by atoms with van der Waals surface area (Å²) in [5.74, 6) is 2.18. The highest BCUT2D eigenvalue weighted by atomic mass is 16.5. The van der Waals surface area contributed by atoms with E-state index in [1.807, 2.05) is 23.7 Å². The Morgan fingerprint density at radius 1 is 1.17 bits per heavy atom. The van der Waals surface area contributed by atoms with E-state index < -0.39 is 0 Å². The van der Waals surface area contributed by atoms with Gasteiger partial charge in [0.05, 0.1) is 32.5 Å². The van der Waals surface area contributed by atoms with Crippen LogP contribution in [0.25, 0.3) is 0 Å². The van der Waals surface area contributed by atoms with E-state index in [2.05, 4.69) is 48.6 Å². The van der Waals surface area contributed by atoms with E-state index in [1.54, 1.807) is 14.2 Å². The summed E-state index contributed by atoms with van der Waals surface area (Å²) in [4.78, 5) is 4.78. The second-order valence-corrected chi connectivity index (χ2v) is 7.45. The van der Waals surface area contributed by atoms with E-state index in [0.717, 1.165) is 49.2 Å². The second-order valence-electron chi connectivity index (χ2n) is 7.45. The Labute approximate surface area is 180 Å². The summed E-state index contributed by atoms with van der Waals surface area (Å²) in [6.07, 6.45) is 1.02. The van der Waals surface area contributed by atoms with E-state index >= 15 is 0 Å². The molecule has 0 bridgehead atoms. The van der Waals surface area contributed by atoms with Gasteiger partial charge in [-0.25, -0.2) is 4.99 Å². The van der Waals surface area contributed by atoms with Crippen molar-refractivity contribution in [2.75, 3.05) is 33.9 Å². The molecule has 1 aromatic carbocycles. The molecule has 0 aliphatic carbocycles. The van der Waals surface area contributed by atoms with Crippen molar-refractivity contribution in [3.05, 3.63) is 46.8 Å². The van der Waals surface area contributed by atoms with Crippen molar-refractivity contribution in [3.63, 3.8) is 0 Å². The van der Waals surface area contributed by atoms with Crippen LogP contribution in [-0.2, 0) is 17.8 Å². The largest absolute Gasteiger partial charge is 0.497 e. The normalized spacial score (nSPS) is 12.7. The number of nitrogens with one attached hydrogen (secondary N) is 2. The smallest absolute Gasteiger partial charge is 0.191 e. The Bertz CT molecular complexity index is 799. The fourth-order valence-corrected chi connectivity index (χ4v) is 3.36. The molecule has 7 heteroatoms.